The summed E-state index contributed by atoms with van der Waals surface area (Å²) < 4.78 is 7.76. The number of pyridine rings is 1. The molecule has 7 heteroatoms. The Kier molecular flexibility index (Phi) is 4.16. The fraction of sp³-hybridized carbons (Fsp3) is 0.650. The molecule has 1 saturated carbocycles. The van der Waals surface area contributed by atoms with Crippen molar-refractivity contribution in [3.05, 3.63) is 24.2 Å². The highest BCUT2D eigenvalue weighted by Crippen LogP contribution is 2.41. The van der Waals surface area contributed by atoms with Crippen molar-refractivity contribution in [1.29, 1.82) is 0 Å². The Labute approximate surface area is 158 Å². The zero-order chi connectivity index (χ0) is 18.4. The topological polar surface area (TPSA) is 80.5 Å². The van der Waals surface area contributed by atoms with Gasteiger partial charge < -0.3 is 19.3 Å². The third kappa shape index (κ3) is 2.75. The predicted octanol–water partition coefficient (Wildman–Crippen LogP) is 2.02. The third-order valence-electron chi connectivity index (χ3n) is 6.79. The van der Waals surface area contributed by atoms with E-state index in [0.29, 0.717) is 43.8 Å². The summed E-state index contributed by atoms with van der Waals surface area (Å²) in [6.45, 7) is 2.52. The van der Waals surface area contributed by atoms with Crippen LogP contribution in [-0.4, -0.2) is 63.4 Å². The number of fused-ring (bicyclic) bond motifs is 2. The molecule has 2 aliphatic heterocycles. The average Bonchev–Trinajstić information content (AvgIpc) is 3.43. The van der Waals surface area contributed by atoms with E-state index in [-0.39, 0.29) is 17.9 Å². The van der Waals surface area contributed by atoms with Crippen molar-refractivity contribution >= 4 is 17.1 Å². The smallest absolute Gasteiger partial charge is 0.255 e. The first kappa shape index (κ1) is 17.1. The number of nitrogens with zero attached hydrogens (tertiary/aromatic N) is 4. The van der Waals surface area contributed by atoms with E-state index < -0.39 is 0 Å². The van der Waals surface area contributed by atoms with Gasteiger partial charge in [0, 0.05) is 37.4 Å². The molecule has 0 unspecified atom stereocenters. The molecule has 5 rings (SSSR count). The van der Waals surface area contributed by atoms with Gasteiger partial charge in [-0.3, -0.25) is 4.79 Å². The second-order valence-corrected chi connectivity index (χ2v) is 8.40. The molecule has 1 aliphatic carbocycles. The lowest BCUT2D eigenvalue weighted by molar-refractivity contribution is -0.0556. The van der Waals surface area contributed by atoms with Crippen LogP contribution in [0.15, 0.2) is 18.6 Å². The monoisotopic (exact) mass is 370 g/mol. The SMILES string of the molecule is O=C(c1cnc2c(c1)ncn2C1CCCC1)N1C[C@@H]2CCOC[C@]2(CO)C1. The van der Waals surface area contributed by atoms with E-state index in [4.69, 9.17) is 4.74 Å². The third-order valence-corrected chi connectivity index (χ3v) is 6.79. The summed E-state index contributed by atoms with van der Waals surface area (Å²) in [6, 6.07) is 2.34. The molecule has 0 spiro atoms. The van der Waals surface area contributed by atoms with Gasteiger partial charge in [-0.05, 0) is 31.2 Å². The van der Waals surface area contributed by atoms with Crippen LogP contribution < -0.4 is 0 Å². The van der Waals surface area contributed by atoms with Crippen molar-refractivity contribution < 1.29 is 14.6 Å². The van der Waals surface area contributed by atoms with Gasteiger partial charge in [-0.15, -0.1) is 0 Å². The molecule has 3 fully saturated rings. The molecule has 2 aromatic heterocycles. The van der Waals surface area contributed by atoms with Crippen molar-refractivity contribution in [2.24, 2.45) is 11.3 Å². The van der Waals surface area contributed by atoms with Gasteiger partial charge in [0.15, 0.2) is 5.65 Å². The van der Waals surface area contributed by atoms with Crippen LogP contribution in [0.25, 0.3) is 11.2 Å². The Balaban J connectivity index is 1.39. The van der Waals surface area contributed by atoms with Crippen molar-refractivity contribution in [3.63, 3.8) is 0 Å². The van der Waals surface area contributed by atoms with Gasteiger partial charge in [-0.1, -0.05) is 12.8 Å². The summed E-state index contributed by atoms with van der Waals surface area (Å²) in [5.41, 5.74) is 1.92. The summed E-state index contributed by atoms with van der Waals surface area (Å²) in [5.74, 6) is 0.278. The number of aliphatic hydroxyl groups is 1. The maximum Gasteiger partial charge on any atom is 0.255 e. The molecule has 1 amide bonds. The molecular weight excluding hydrogens is 344 g/mol. The quantitative estimate of drug-likeness (QED) is 0.894. The van der Waals surface area contributed by atoms with Crippen LogP contribution in [0.4, 0.5) is 0 Å². The molecule has 7 nitrogen and oxygen atoms in total. The van der Waals surface area contributed by atoms with Crippen LogP contribution in [0.1, 0.15) is 48.5 Å². The normalized spacial score (nSPS) is 28.8. The van der Waals surface area contributed by atoms with Crippen LogP contribution >= 0.6 is 0 Å². The van der Waals surface area contributed by atoms with Crippen molar-refractivity contribution in [2.75, 3.05) is 32.9 Å². The molecule has 3 aliphatic rings. The minimum absolute atomic E-state index is 0.0259. The lowest BCUT2D eigenvalue weighted by Crippen LogP contribution is -2.43. The zero-order valence-corrected chi connectivity index (χ0v) is 15.5. The van der Waals surface area contributed by atoms with Crippen LogP contribution in [0, 0.1) is 11.3 Å². The van der Waals surface area contributed by atoms with Crippen molar-refractivity contribution in [1.82, 2.24) is 19.4 Å². The summed E-state index contributed by atoms with van der Waals surface area (Å²) >= 11 is 0. The summed E-state index contributed by atoms with van der Waals surface area (Å²) in [5, 5.41) is 9.93. The lowest BCUT2D eigenvalue weighted by Gasteiger charge is -2.36. The van der Waals surface area contributed by atoms with Crippen LogP contribution in [0.5, 0.6) is 0 Å². The molecule has 2 aromatic rings. The van der Waals surface area contributed by atoms with Crippen LogP contribution in [-0.2, 0) is 4.74 Å². The van der Waals surface area contributed by atoms with Gasteiger partial charge >= 0.3 is 0 Å². The molecule has 2 saturated heterocycles. The Morgan fingerprint density at radius 3 is 2.93 bits per heavy atom. The van der Waals surface area contributed by atoms with Gasteiger partial charge in [0.1, 0.15) is 5.52 Å². The first-order valence-electron chi connectivity index (χ1n) is 10.0. The highest BCUT2D eigenvalue weighted by atomic mass is 16.5. The zero-order valence-electron chi connectivity index (χ0n) is 15.5. The van der Waals surface area contributed by atoms with E-state index in [1.165, 1.54) is 25.7 Å². The first-order valence-corrected chi connectivity index (χ1v) is 10.0. The van der Waals surface area contributed by atoms with Gasteiger partial charge in [-0.2, -0.15) is 0 Å². The molecule has 27 heavy (non-hydrogen) atoms. The number of hydrogen-bond donors (Lipinski definition) is 1. The molecular formula is C20H26N4O3. The minimum atomic E-state index is -0.310. The second-order valence-electron chi connectivity index (χ2n) is 8.40. The van der Waals surface area contributed by atoms with Crippen molar-refractivity contribution in [3.8, 4) is 0 Å². The number of aliphatic hydroxyl groups excluding tert-OH is 1. The van der Waals surface area contributed by atoms with E-state index in [1.807, 2.05) is 17.3 Å². The number of likely N-dealkylation sites (tertiary alicyclic amines) is 1. The summed E-state index contributed by atoms with van der Waals surface area (Å²) in [6.07, 6.45) is 9.31. The number of amides is 1. The Morgan fingerprint density at radius 2 is 2.15 bits per heavy atom. The van der Waals surface area contributed by atoms with Crippen LogP contribution in [0.2, 0.25) is 0 Å². The highest BCUT2D eigenvalue weighted by molar-refractivity contribution is 5.96. The second kappa shape index (κ2) is 6.56. The number of rotatable bonds is 3. The number of ether oxygens (including phenoxy) is 1. The molecule has 0 bridgehead atoms. The number of carbonyl (C=O) groups is 1. The standard InChI is InChI=1S/C20H26N4O3/c25-11-20-10-23(9-15(20)5-6-27-12-20)19(26)14-7-17-18(21-8-14)24(13-22-17)16-3-1-2-4-16/h7-8,13,15-16,25H,1-6,9-12H2/t15-,20+/m0/s1. The minimum Gasteiger partial charge on any atom is -0.396 e. The first-order chi connectivity index (χ1) is 13.2. The fourth-order valence-corrected chi connectivity index (χ4v) is 5.14. The average molecular weight is 370 g/mol. The number of carbonyl (C=O) groups excluding carboxylic acids is 1. The maximum atomic E-state index is 13.1. The number of aromatic nitrogens is 3. The van der Waals surface area contributed by atoms with Gasteiger partial charge in [0.25, 0.3) is 5.91 Å². The van der Waals surface area contributed by atoms with Crippen molar-refractivity contribution in [2.45, 2.75) is 38.1 Å². The fourth-order valence-electron chi connectivity index (χ4n) is 5.14. The van der Waals surface area contributed by atoms with Gasteiger partial charge in [0.05, 0.1) is 25.1 Å². The van der Waals surface area contributed by atoms with Gasteiger partial charge in [-0.25, -0.2) is 9.97 Å². The molecule has 1 N–H and O–H groups in total. The van der Waals surface area contributed by atoms with E-state index in [2.05, 4.69) is 14.5 Å². The summed E-state index contributed by atoms with van der Waals surface area (Å²) in [4.78, 5) is 24.0. The molecule has 0 radical (unpaired) electrons. The lowest BCUT2D eigenvalue weighted by atomic mass is 9.76. The summed E-state index contributed by atoms with van der Waals surface area (Å²) in [7, 11) is 0. The number of hydrogen-bond acceptors (Lipinski definition) is 5. The number of imidazole rings is 1. The molecule has 0 aromatic carbocycles. The maximum absolute atomic E-state index is 13.1. The van der Waals surface area contributed by atoms with Crippen LogP contribution in [0.3, 0.4) is 0 Å². The molecule has 4 heterocycles. The Hall–Kier alpha value is -1.99. The predicted molar refractivity (Wildman–Crippen MR) is 99.4 cm³/mol. The van der Waals surface area contributed by atoms with E-state index in [9.17, 15) is 9.90 Å². The largest absolute Gasteiger partial charge is 0.396 e. The van der Waals surface area contributed by atoms with E-state index >= 15 is 0 Å². The van der Waals surface area contributed by atoms with E-state index in [1.54, 1.807) is 6.20 Å². The molecule has 2 atom stereocenters. The van der Waals surface area contributed by atoms with E-state index in [0.717, 1.165) is 17.6 Å². The Morgan fingerprint density at radius 1 is 1.30 bits per heavy atom. The molecule has 144 valence electrons. The van der Waals surface area contributed by atoms with Gasteiger partial charge in [0.2, 0.25) is 0 Å². The Bertz CT molecular complexity index is 860. The highest BCUT2D eigenvalue weighted by Gasteiger charge is 2.49.